The van der Waals surface area contributed by atoms with Gasteiger partial charge in [-0.1, -0.05) is 151 Å². The number of amides is 4. The number of hydrogen-bond donors (Lipinski definition) is 0. The molecule has 416 valence electrons. The lowest BCUT2D eigenvalue weighted by Gasteiger charge is -2.34. The van der Waals surface area contributed by atoms with Crippen LogP contribution in [0, 0.1) is 0 Å². The Morgan fingerprint density at radius 2 is 0.607 bits per heavy atom. The van der Waals surface area contributed by atoms with Gasteiger partial charge in [-0.15, -0.1) is 0 Å². The van der Waals surface area contributed by atoms with Gasteiger partial charge in [0.1, 0.15) is 0 Å². The number of carbonyl (C=O) groups is 4. The molecule has 0 fully saturated rings. The van der Waals surface area contributed by atoms with Gasteiger partial charge in [-0.25, -0.2) is 9.97 Å². The van der Waals surface area contributed by atoms with Crippen molar-refractivity contribution in [2.75, 3.05) is 13.1 Å². The van der Waals surface area contributed by atoms with E-state index in [1.807, 2.05) is 146 Å². The molecule has 0 unspecified atom stereocenters. The molecule has 2 aliphatic heterocycles. The monoisotopic (exact) mass is 1100 g/mol. The second-order valence-corrected chi connectivity index (χ2v) is 21.8. The zero-order valence-electron chi connectivity index (χ0n) is 47.4. The summed E-state index contributed by atoms with van der Waals surface area (Å²) in [4.78, 5) is 92.8. The summed E-state index contributed by atoms with van der Waals surface area (Å²) in [7, 11) is 0. The van der Waals surface area contributed by atoms with Crippen LogP contribution in [0.4, 0.5) is 0 Å². The Labute approximate surface area is 489 Å². The van der Waals surface area contributed by atoms with Crippen LogP contribution in [0.1, 0.15) is 132 Å². The number of rotatable bonds is 22. The van der Waals surface area contributed by atoms with Crippen molar-refractivity contribution >= 4 is 34.4 Å². The van der Waals surface area contributed by atoms with Crippen molar-refractivity contribution in [2.24, 2.45) is 0 Å². The molecular formula is C72H64N8O4. The first-order valence-corrected chi connectivity index (χ1v) is 29.6. The first-order valence-electron chi connectivity index (χ1n) is 29.6. The molecular weight excluding hydrogens is 1040 g/mol. The first kappa shape index (κ1) is 54.9. The summed E-state index contributed by atoms with van der Waals surface area (Å²) in [5.41, 5.74) is 12.8. The Balaban J connectivity index is 1.01. The van der Waals surface area contributed by atoms with E-state index in [0.29, 0.717) is 79.8 Å². The molecule has 0 saturated carbocycles. The molecule has 0 aliphatic carbocycles. The maximum atomic E-state index is 15.5. The van der Waals surface area contributed by atoms with Crippen molar-refractivity contribution in [1.82, 2.24) is 39.7 Å². The first-order chi connectivity index (χ1) is 41.3. The normalized spacial score (nSPS) is 12.9. The van der Waals surface area contributed by atoms with Crippen molar-refractivity contribution in [3.05, 3.63) is 205 Å². The Bertz CT molecular complexity index is 3680. The highest BCUT2D eigenvalue weighted by atomic mass is 16.2. The fraction of sp³-hybridized carbons (Fsp3) is 0.222. The largest absolute Gasteiger partial charge is 0.274 e. The molecule has 4 amide bonds. The summed E-state index contributed by atoms with van der Waals surface area (Å²) in [6, 6.07) is 50.5. The molecule has 0 radical (unpaired) electrons. The fourth-order valence-corrected chi connectivity index (χ4v) is 11.8. The number of aromatic nitrogens is 6. The fourth-order valence-electron chi connectivity index (χ4n) is 11.8. The molecule has 4 aromatic carbocycles. The predicted octanol–water partition coefficient (Wildman–Crippen LogP) is 16.5. The molecule has 12 nitrogen and oxygen atoms in total. The third kappa shape index (κ3) is 11.1. The summed E-state index contributed by atoms with van der Waals surface area (Å²) in [5, 5.41) is 0.680. The van der Waals surface area contributed by atoms with E-state index in [0.717, 1.165) is 109 Å². The van der Waals surface area contributed by atoms with E-state index in [2.05, 4.69) is 33.8 Å². The van der Waals surface area contributed by atoms with E-state index in [1.165, 1.54) is 9.80 Å². The highest BCUT2D eigenvalue weighted by Crippen LogP contribution is 2.47. The van der Waals surface area contributed by atoms with Crippen molar-refractivity contribution < 1.29 is 19.2 Å². The van der Waals surface area contributed by atoms with Crippen molar-refractivity contribution in [3.8, 4) is 90.1 Å². The Hall–Kier alpha value is -9.68. The maximum Gasteiger partial charge on any atom is 0.262 e. The van der Waals surface area contributed by atoms with Gasteiger partial charge in [0.15, 0.2) is 0 Å². The summed E-state index contributed by atoms with van der Waals surface area (Å²) in [5.74, 6) is -1.76. The minimum atomic E-state index is -0.440. The second kappa shape index (κ2) is 24.8. The zero-order chi connectivity index (χ0) is 57.5. The second-order valence-electron chi connectivity index (χ2n) is 21.8. The number of hydrogen-bond acceptors (Lipinski definition) is 10. The van der Waals surface area contributed by atoms with Gasteiger partial charge in [0.25, 0.3) is 23.6 Å². The zero-order valence-corrected chi connectivity index (χ0v) is 47.4. The van der Waals surface area contributed by atoms with Crippen molar-refractivity contribution in [1.29, 1.82) is 0 Å². The molecule has 0 saturated heterocycles. The maximum absolute atomic E-state index is 15.5. The summed E-state index contributed by atoms with van der Waals surface area (Å²) in [6.45, 7) is 4.82. The SMILES string of the molecule is CCCCCCCCN1C(=O)c2cc(-c3ccc(-c4cc(-c5ccccn5)nc(-c5ccccn5)c4)cc3)c3c4c(cc(-c5ccc(-c6cc(-c7ccccn7)nc(-c7ccccn7)c6)cc5)c(c24)C1=O)C(=O)N(CCCCCCCC)C3=O. The van der Waals surface area contributed by atoms with E-state index in [1.54, 1.807) is 36.9 Å². The van der Waals surface area contributed by atoms with Crippen LogP contribution in [0.2, 0.25) is 0 Å². The van der Waals surface area contributed by atoms with Gasteiger partial charge in [0.2, 0.25) is 0 Å². The average molecular weight is 1110 g/mol. The van der Waals surface area contributed by atoms with Gasteiger partial charge in [-0.05, 0) is 142 Å². The highest BCUT2D eigenvalue weighted by molar-refractivity contribution is 6.36. The summed E-state index contributed by atoms with van der Waals surface area (Å²) in [6.07, 6.45) is 18.6. The predicted molar refractivity (Wildman–Crippen MR) is 332 cm³/mol. The third-order valence-corrected chi connectivity index (χ3v) is 16.2. The van der Waals surface area contributed by atoms with Crippen LogP contribution in [0.5, 0.6) is 0 Å². The topological polar surface area (TPSA) is 152 Å². The van der Waals surface area contributed by atoms with Crippen molar-refractivity contribution in [3.63, 3.8) is 0 Å². The lowest BCUT2D eigenvalue weighted by Crippen LogP contribution is -2.44. The third-order valence-electron chi connectivity index (χ3n) is 16.2. The minimum absolute atomic E-state index is 0.229. The van der Waals surface area contributed by atoms with Gasteiger partial charge in [-0.3, -0.25) is 48.9 Å². The smallest absolute Gasteiger partial charge is 0.262 e. The van der Waals surface area contributed by atoms with Gasteiger partial charge >= 0.3 is 0 Å². The van der Waals surface area contributed by atoms with Crippen molar-refractivity contribution in [2.45, 2.75) is 90.9 Å². The van der Waals surface area contributed by atoms with E-state index in [-0.39, 0.29) is 24.2 Å². The quantitative estimate of drug-likeness (QED) is 0.0473. The number of unbranched alkanes of at least 4 members (excludes halogenated alkanes) is 10. The molecule has 10 aromatic rings. The minimum Gasteiger partial charge on any atom is -0.274 e. The van der Waals surface area contributed by atoms with E-state index in [4.69, 9.17) is 9.97 Å². The van der Waals surface area contributed by atoms with E-state index in [9.17, 15) is 0 Å². The van der Waals surface area contributed by atoms with Crippen LogP contribution in [0.3, 0.4) is 0 Å². The molecule has 2 aliphatic rings. The molecule has 0 bridgehead atoms. The molecule has 84 heavy (non-hydrogen) atoms. The number of carbonyl (C=O) groups excluding carboxylic acids is 4. The average Bonchev–Trinajstić information content (AvgIpc) is 0.895. The van der Waals surface area contributed by atoms with Crippen LogP contribution >= 0.6 is 0 Å². The van der Waals surface area contributed by atoms with Crippen LogP contribution < -0.4 is 0 Å². The Morgan fingerprint density at radius 3 is 0.917 bits per heavy atom. The van der Waals surface area contributed by atoms with Gasteiger partial charge in [-0.2, -0.15) is 0 Å². The highest BCUT2D eigenvalue weighted by Gasteiger charge is 2.43. The molecule has 8 heterocycles. The Morgan fingerprint density at radius 1 is 0.298 bits per heavy atom. The molecule has 12 rings (SSSR count). The molecule has 0 spiro atoms. The molecule has 6 aromatic heterocycles. The van der Waals surface area contributed by atoms with E-state index < -0.39 is 23.6 Å². The lowest BCUT2D eigenvalue weighted by atomic mass is 9.78. The van der Waals surface area contributed by atoms with Crippen LogP contribution in [-0.4, -0.2) is 76.4 Å². The van der Waals surface area contributed by atoms with Gasteiger partial charge in [0.05, 0.1) is 56.7 Å². The summed E-state index contributed by atoms with van der Waals surface area (Å²) < 4.78 is 0. The Kier molecular flexibility index (Phi) is 16.2. The van der Waals surface area contributed by atoms with E-state index >= 15 is 19.2 Å². The van der Waals surface area contributed by atoms with Gasteiger partial charge in [0, 0.05) is 59.8 Å². The van der Waals surface area contributed by atoms with Crippen LogP contribution in [0.25, 0.3) is 101 Å². The number of nitrogens with zero attached hydrogens (tertiary/aromatic N) is 8. The van der Waals surface area contributed by atoms with Crippen LogP contribution in [-0.2, 0) is 0 Å². The molecule has 12 heteroatoms. The standard InChI is InChI=1S/C72H64N8O4/c1-3-5-7-9-11-21-39-79-69(81)55-45-54(50-33-29-48(30-34-50)52-43-63(59-25-15-19-37-75-59)78-64(44-52)60-26-16-20-38-76-60)68-66-56(70(82)80(72(68)84)40-22-12-10-8-6-4-2)46-53(67(65(55)66)71(79)83)49-31-27-47(28-32-49)51-41-61(57-23-13-17-35-73-57)77-62(42-51)58-24-14-18-36-74-58/h13-20,23-38,41-46H,3-12,21-22,39-40H2,1-2H3. The van der Waals surface area contributed by atoms with Gasteiger partial charge < -0.3 is 0 Å². The summed E-state index contributed by atoms with van der Waals surface area (Å²) >= 11 is 0. The lowest BCUT2D eigenvalue weighted by molar-refractivity contribution is 0.0587. The van der Waals surface area contributed by atoms with Crippen LogP contribution in [0.15, 0.2) is 183 Å². The molecule has 0 N–H and O–H groups in total. The number of imide groups is 2. The number of pyridine rings is 6. The molecule has 0 atom stereocenters. The number of benzene rings is 4.